The fraction of sp³-hybridized carbons (Fsp3) is 0.364. The molecule has 0 aromatic heterocycles. The van der Waals surface area contributed by atoms with Gasteiger partial charge in [0.25, 0.3) is 0 Å². The SMILES string of the molecule is CNS(=O)(=O)c1ccc(C(C)C(C)=O)cc1. The molecule has 5 heteroatoms. The highest BCUT2D eigenvalue weighted by molar-refractivity contribution is 7.89. The number of carbonyl (C=O) groups excluding carboxylic acids is 1. The monoisotopic (exact) mass is 241 g/mol. The molecular formula is C11H15NO3S. The van der Waals surface area contributed by atoms with Crippen molar-refractivity contribution in [3.63, 3.8) is 0 Å². The molecule has 1 aromatic rings. The van der Waals surface area contributed by atoms with Gasteiger partial charge in [-0.2, -0.15) is 0 Å². The van der Waals surface area contributed by atoms with Gasteiger partial charge in [0.2, 0.25) is 10.0 Å². The lowest BCUT2D eigenvalue weighted by molar-refractivity contribution is -0.118. The van der Waals surface area contributed by atoms with Gasteiger partial charge in [-0.05, 0) is 31.7 Å². The second-order valence-corrected chi connectivity index (χ2v) is 5.50. The predicted octanol–water partition coefficient (Wildman–Crippen LogP) is 1.29. The lowest BCUT2D eigenvalue weighted by Gasteiger charge is -2.08. The summed E-state index contributed by atoms with van der Waals surface area (Å²) in [5.74, 6) is -0.143. The van der Waals surface area contributed by atoms with Crippen LogP contribution in [0.3, 0.4) is 0 Å². The number of hydrogen-bond donors (Lipinski definition) is 1. The van der Waals surface area contributed by atoms with Crippen LogP contribution in [0, 0.1) is 0 Å². The third-order valence-electron chi connectivity index (χ3n) is 2.57. The normalized spacial score (nSPS) is 13.4. The minimum atomic E-state index is -3.40. The molecule has 0 heterocycles. The molecule has 0 fully saturated rings. The van der Waals surface area contributed by atoms with Crippen molar-refractivity contribution in [1.82, 2.24) is 4.72 Å². The van der Waals surface area contributed by atoms with Crippen molar-refractivity contribution < 1.29 is 13.2 Å². The van der Waals surface area contributed by atoms with Gasteiger partial charge in [-0.25, -0.2) is 13.1 Å². The van der Waals surface area contributed by atoms with Gasteiger partial charge in [0.1, 0.15) is 5.78 Å². The second kappa shape index (κ2) is 4.76. The molecule has 0 aliphatic heterocycles. The third-order valence-corrected chi connectivity index (χ3v) is 4.00. The average Bonchev–Trinajstić information content (AvgIpc) is 2.28. The van der Waals surface area contributed by atoms with Crippen molar-refractivity contribution in [1.29, 1.82) is 0 Å². The van der Waals surface area contributed by atoms with E-state index < -0.39 is 10.0 Å². The van der Waals surface area contributed by atoms with E-state index >= 15 is 0 Å². The Morgan fingerprint density at radius 3 is 2.12 bits per heavy atom. The minimum Gasteiger partial charge on any atom is -0.299 e. The van der Waals surface area contributed by atoms with Crippen LogP contribution in [0.4, 0.5) is 0 Å². The second-order valence-electron chi connectivity index (χ2n) is 3.61. The van der Waals surface area contributed by atoms with E-state index in [-0.39, 0.29) is 16.6 Å². The Labute approximate surface area is 95.7 Å². The number of sulfonamides is 1. The zero-order valence-electron chi connectivity index (χ0n) is 9.52. The number of benzene rings is 1. The van der Waals surface area contributed by atoms with E-state index in [1.54, 1.807) is 19.1 Å². The number of carbonyl (C=O) groups is 1. The topological polar surface area (TPSA) is 63.2 Å². The Kier molecular flexibility index (Phi) is 3.83. The van der Waals surface area contributed by atoms with Crippen LogP contribution in [0.25, 0.3) is 0 Å². The molecule has 88 valence electrons. The summed E-state index contributed by atoms with van der Waals surface area (Å²) in [6.45, 7) is 3.31. The van der Waals surface area contributed by atoms with Gasteiger partial charge in [0.05, 0.1) is 4.90 Å². The van der Waals surface area contributed by atoms with Gasteiger partial charge in [-0.15, -0.1) is 0 Å². The molecule has 1 N–H and O–H groups in total. The van der Waals surface area contributed by atoms with Gasteiger partial charge >= 0.3 is 0 Å². The fourth-order valence-corrected chi connectivity index (χ4v) is 2.02. The molecule has 0 aliphatic carbocycles. The maximum atomic E-state index is 11.4. The van der Waals surface area contributed by atoms with Crippen molar-refractivity contribution in [2.45, 2.75) is 24.7 Å². The minimum absolute atomic E-state index is 0.0595. The number of rotatable bonds is 4. The molecule has 1 atom stereocenters. The van der Waals surface area contributed by atoms with Crippen molar-refractivity contribution in [3.8, 4) is 0 Å². The average molecular weight is 241 g/mol. The van der Waals surface area contributed by atoms with Crippen molar-refractivity contribution in [2.24, 2.45) is 0 Å². The van der Waals surface area contributed by atoms with Gasteiger partial charge in [0, 0.05) is 5.92 Å². The van der Waals surface area contributed by atoms with E-state index in [0.29, 0.717) is 0 Å². The van der Waals surface area contributed by atoms with Crippen LogP contribution in [-0.2, 0) is 14.8 Å². The van der Waals surface area contributed by atoms with Crippen molar-refractivity contribution in [2.75, 3.05) is 7.05 Å². The number of hydrogen-bond acceptors (Lipinski definition) is 3. The molecule has 0 amide bonds. The summed E-state index contributed by atoms with van der Waals surface area (Å²) in [6.07, 6.45) is 0. The first-order valence-electron chi connectivity index (χ1n) is 4.92. The summed E-state index contributed by atoms with van der Waals surface area (Å²) in [4.78, 5) is 11.4. The summed E-state index contributed by atoms with van der Waals surface area (Å²) in [5, 5.41) is 0. The van der Waals surface area contributed by atoms with E-state index in [2.05, 4.69) is 4.72 Å². The van der Waals surface area contributed by atoms with Gasteiger partial charge in [0.15, 0.2) is 0 Å². The Balaban J connectivity index is 3.05. The van der Waals surface area contributed by atoms with E-state index in [4.69, 9.17) is 0 Å². The van der Waals surface area contributed by atoms with Crippen molar-refractivity contribution >= 4 is 15.8 Å². The van der Waals surface area contributed by atoms with Gasteiger partial charge < -0.3 is 0 Å². The van der Waals surface area contributed by atoms with E-state index in [9.17, 15) is 13.2 Å². The van der Waals surface area contributed by atoms with Crippen LogP contribution in [0.5, 0.6) is 0 Å². The molecule has 1 aromatic carbocycles. The summed E-state index contributed by atoms with van der Waals surface area (Å²) in [7, 11) is -2.03. The third kappa shape index (κ3) is 2.68. The number of nitrogens with one attached hydrogen (secondary N) is 1. The lowest BCUT2D eigenvalue weighted by Crippen LogP contribution is -2.18. The summed E-state index contributed by atoms with van der Waals surface area (Å²) in [6, 6.07) is 6.33. The smallest absolute Gasteiger partial charge is 0.240 e. The van der Waals surface area contributed by atoms with Crippen LogP contribution in [-0.4, -0.2) is 21.2 Å². The fourth-order valence-electron chi connectivity index (χ4n) is 1.29. The lowest BCUT2D eigenvalue weighted by atomic mass is 9.98. The van der Waals surface area contributed by atoms with Crippen LogP contribution in [0.2, 0.25) is 0 Å². The quantitative estimate of drug-likeness (QED) is 0.864. The Hall–Kier alpha value is -1.20. The van der Waals surface area contributed by atoms with Crippen LogP contribution >= 0.6 is 0 Å². The van der Waals surface area contributed by atoms with Crippen molar-refractivity contribution in [3.05, 3.63) is 29.8 Å². The van der Waals surface area contributed by atoms with E-state index in [0.717, 1.165) is 5.56 Å². The number of ketones is 1. The molecule has 1 rings (SSSR count). The zero-order valence-corrected chi connectivity index (χ0v) is 10.3. The van der Waals surface area contributed by atoms with E-state index in [1.165, 1.54) is 26.1 Å². The molecule has 0 spiro atoms. The molecule has 16 heavy (non-hydrogen) atoms. The largest absolute Gasteiger partial charge is 0.299 e. The van der Waals surface area contributed by atoms with Crippen LogP contribution in [0.1, 0.15) is 25.3 Å². The molecule has 1 unspecified atom stereocenters. The molecule has 0 saturated carbocycles. The Morgan fingerprint density at radius 1 is 1.25 bits per heavy atom. The first-order chi connectivity index (χ1) is 7.38. The Morgan fingerprint density at radius 2 is 1.75 bits per heavy atom. The maximum Gasteiger partial charge on any atom is 0.240 e. The zero-order chi connectivity index (χ0) is 12.3. The molecule has 0 radical (unpaired) electrons. The summed E-state index contributed by atoms with van der Waals surface area (Å²) in [5.41, 5.74) is 0.822. The van der Waals surface area contributed by atoms with Gasteiger partial charge in [-0.1, -0.05) is 19.1 Å². The van der Waals surface area contributed by atoms with E-state index in [1.807, 2.05) is 0 Å². The molecule has 0 saturated heterocycles. The maximum absolute atomic E-state index is 11.4. The molecular weight excluding hydrogens is 226 g/mol. The predicted molar refractivity (Wildman–Crippen MR) is 61.8 cm³/mol. The van der Waals surface area contributed by atoms with Gasteiger partial charge in [-0.3, -0.25) is 4.79 Å². The highest BCUT2D eigenvalue weighted by Crippen LogP contribution is 2.18. The Bertz CT molecular complexity index is 476. The molecule has 0 aliphatic rings. The van der Waals surface area contributed by atoms with Crippen LogP contribution in [0.15, 0.2) is 29.2 Å². The summed E-state index contributed by atoms with van der Waals surface area (Å²) >= 11 is 0. The summed E-state index contributed by atoms with van der Waals surface area (Å²) < 4.78 is 25.1. The first-order valence-corrected chi connectivity index (χ1v) is 6.40. The standard InChI is InChI=1S/C11H15NO3S/c1-8(9(2)13)10-4-6-11(7-5-10)16(14,15)12-3/h4-8,12H,1-3H3. The number of Topliss-reactive ketones (excluding diaryl/α,β-unsaturated/α-hetero) is 1. The molecule has 4 nitrogen and oxygen atoms in total. The van der Waals surface area contributed by atoms with Crippen LogP contribution < -0.4 is 4.72 Å². The highest BCUT2D eigenvalue weighted by atomic mass is 32.2. The highest BCUT2D eigenvalue weighted by Gasteiger charge is 2.14. The molecule has 0 bridgehead atoms. The first kappa shape index (κ1) is 12.9.